The molecule has 0 unspecified atom stereocenters. The molecule has 0 aromatic heterocycles. The van der Waals surface area contributed by atoms with Gasteiger partial charge in [0.2, 0.25) is 0 Å². The van der Waals surface area contributed by atoms with Crippen LogP contribution in [0.4, 0.5) is 0 Å². The highest BCUT2D eigenvalue weighted by molar-refractivity contribution is 8.07. The molecule has 0 spiro atoms. The lowest BCUT2D eigenvalue weighted by Gasteiger charge is -2.23. The van der Waals surface area contributed by atoms with Crippen LogP contribution in [0, 0.1) is 0 Å². The minimum Gasteiger partial charge on any atom is -0.421 e. The molecular weight excluding hydrogens is 408 g/mol. The van der Waals surface area contributed by atoms with Gasteiger partial charge in [-0.1, -0.05) is 58.0 Å². The van der Waals surface area contributed by atoms with E-state index in [-0.39, 0.29) is 30.9 Å². The molecule has 0 amide bonds. The molecule has 1 aromatic rings. The fourth-order valence-corrected chi connectivity index (χ4v) is 4.56. The maximum absolute atomic E-state index is 6.06. The Morgan fingerprint density at radius 1 is 0.800 bits per heavy atom. The highest BCUT2D eigenvalue weighted by Crippen LogP contribution is 2.56. The summed E-state index contributed by atoms with van der Waals surface area (Å²) in [5.74, 6) is -0.00188. The van der Waals surface area contributed by atoms with Gasteiger partial charge in [-0.05, 0) is 13.8 Å². The fraction of sp³-hybridized carbons (Fsp3) is 0.400. The monoisotopic (exact) mass is 416 g/mol. The van der Waals surface area contributed by atoms with E-state index in [9.17, 15) is 0 Å². The van der Waals surface area contributed by atoms with Gasteiger partial charge in [0.25, 0.3) is 0 Å². The SMILES string of the molecule is CCOP(=S)(OCC)Oc1c(Cl)c(Cl)c(Cl)c(Cl)c1Cl. The summed E-state index contributed by atoms with van der Waals surface area (Å²) in [4.78, 5) is 0. The van der Waals surface area contributed by atoms with Gasteiger partial charge in [0.05, 0.1) is 28.3 Å². The topological polar surface area (TPSA) is 27.7 Å². The van der Waals surface area contributed by atoms with Crippen LogP contribution in [-0.4, -0.2) is 13.2 Å². The number of hydrogen-bond acceptors (Lipinski definition) is 4. The molecule has 1 rings (SSSR count). The van der Waals surface area contributed by atoms with Crippen molar-refractivity contribution >= 4 is 76.5 Å². The fourth-order valence-electron chi connectivity index (χ4n) is 1.18. The lowest BCUT2D eigenvalue weighted by molar-refractivity contribution is 0.218. The smallest absolute Gasteiger partial charge is 0.380 e. The van der Waals surface area contributed by atoms with Crippen LogP contribution in [0.25, 0.3) is 0 Å². The van der Waals surface area contributed by atoms with Crippen LogP contribution in [0.2, 0.25) is 25.1 Å². The molecule has 0 radical (unpaired) electrons. The van der Waals surface area contributed by atoms with Crippen molar-refractivity contribution in [3.63, 3.8) is 0 Å². The van der Waals surface area contributed by atoms with E-state index in [1.54, 1.807) is 13.8 Å². The molecule has 10 heteroatoms. The molecule has 114 valence electrons. The summed E-state index contributed by atoms with van der Waals surface area (Å²) in [5.41, 5.74) is 0. The molecule has 0 saturated carbocycles. The summed E-state index contributed by atoms with van der Waals surface area (Å²) in [7, 11) is 0. The Bertz CT molecular complexity index is 515. The Morgan fingerprint density at radius 3 is 1.50 bits per heavy atom. The third kappa shape index (κ3) is 4.28. The van der Waals surface area contributed by atoms with Crippen LogP contribution in [0.5, 0.6) is 5.75 Å². The number of rotatable bonds is 6. The van der Waals surface area contributed by atoms with Crippen molar-refractivity contribution in [2.75, 3.05) is 13.2 Å². The van der Waals surface area contributed by atoms with Gasteiger partial charge in [-0.3, -0.25) is 9.05 Å². The van der Waals surface area contributed by atoms with Crippen LogP contribution < -0.4 is 4.52 Å². The molecule has 0 aliphatic heterocycles. The van der Waals surface area contributed by atoms with Gasteiger partial charge in [0.15, 0.2) is 5.75 Å². The van der Waals surface area contributed by atoms with E-state index < -0.39 is 6.72 Å². The second kappa shape index (κ2) is 8.05. The summed E-state index contributed by atoms with van der Waals surface area (Å²) in [6.45, 7) is 1.09. The largest absolute Gasteiger partial charge is 0.421 e. The minimum absolute atomic E-state index is 0.000280. The standard InChI is InChI=1S/C10H10Cl5O3PS/c1-3-16-19(20,17-4-2)18-10-8(14)6(12)5(11)7(13)9(10)15/h3-4H2,1-2H3. The van der Waals surface area contributed by atoms with Crippen molar-refractivity contribution < 1.29 is 13.6 Å². The molecular formula is C10H10Cl5O3PS. The van der Waals surface area contributed by atoms with Gasteiger partial charge in [-0.25, -0.2) is 0 Å². The predicted molar refractivity (Wildman–Crippen MR) is 89.7 cm³/mol. The Morgan fingerprint density at radius 2 is 1.15 bits per heavy atom. The first-order chi connectivity index (χ1) is 9.27. The molecule has 3 nitrogen and oxygen atoms in total. The normalized spacial score (nSPS) is 11.8. The van der Waals surface area contributed by atoms with Crippen molar-refractivity contribution in [3.8, 4) is 5.75 Å². The summed E-state index contributed by atoms with van der Waals surface area (Å²) >= 11 is 35.1. The molecule has 0 N–H and O–H groups in total. The minimum atomic E-state index is -3.05. The van der Waals surface area contributed by atoms with E-state index in [2.05, 4.69) is 0 Å². The number of halogens is 5. The average molecular weight is 418 g/mol. The number of benzene rings is 1. The van der Waals surface area contributed by atoms with Gasteiger partial charge < -0.3 is 4.52 Å². The van der Waals surface area contributed by atoms with Crippen LogP contribution in [0.1, 0.15) is 13.8 Å². The van der Waals surface area contributed by atoms with Crippen molar-refractivity contribution in [1.82, 2.24) is 0 Å². The van der Waals surface area contributed by atoms with Crippen LogP contribution in [0.3, 0.4) is 0 Å². The second-order valence-corrected chi connectivity index (χ2v) is 8.10. The third-order valence-corrected chi connectivity index (χ3v) is 6.60. The van der Waals surface area contributed by atoms with Gasteiger partial charge in [0, 0.05) is 11.8 Å². The molecule has 0 saturated heterocycles. The van der Waals surface area contributed by atoms with E-state index in [0.717, 1.165) is 0 Å². The van der Waals surface area contributed by atoms with Crippen molar-refractivity contribution in [3.05, 3.63) is 25.1 Å². The van der Waals surface area contributed by atoms with E-state index in [1.807, 2.05) is 0 Å². The van der Waals surface area contributed by atoms with Gasteiger partial charge >= 0.3 is 6.72 Å². The summed E-state index contributed by atoms with van der Waals surface area (Å²) < 4.78 is 16.2. The molecule has 20 heavy (non-hydrogen) atoms. The van der Waals surface area contributed by atoms with Gasteiger partial charge in [-0.15, -0.1) is 0 Å². The van der Waals surface area contributed by atoms with Crippen molar-refractivity contribution in [1.29, 1.82) is 0 Å². The van der Waals surface area contributed by atoms with Crippen LogP contribution in [0.15, 0.2) is 0 Å². The Kier molecular flexibility index (Phi) is 7.68. The first kappa shape index (κ1) is 19.1. The Balaban J connectivity index is 3.30. The van der Waals surface area contributed by atoms with Gasteiger partial charge in [0.1, 0.15) is 10.0 Å². The number of hydrogen-bond donors (Lipinski definition) is 0. The lowest BCUT2D eigenvalue weighted by Crippen LogP contribution is -2.03. The lowest BCUT2D eigenvalue weighted by atomic mass is 10.3. The molecule has 0 aliphatic rings. The van der Waals surface area contributed by atoms with E-state index in [1.165, 1.54) is 0 Å². The quantitative estimate of drug-likeness (QED) is 0.294. The summed E-state index contributed by atoms with van der Waals surface area (Å²) in [6, 6.07) is 0. The molecule has 0 bridgehead atoms. The molecule has 1 aromatic carbocycles. The maximum atomic E-state index is 6.06. The third-order valence-electron chi connectivity index (χ3n) is 1.95. The zero-order valence-corrected chi connectivity index (χ0v) is 15.9. The second-order valence-electron chi connectivity index (χ2n) is 3.27. The average Bonchev–Trinajstić information content (AvgIpc) is 2.40. The first-order valence-electron chi connectivity index (χ1n) is 5.37. The van der Waals surface area contributed by atoms with Crippen LogP contribution >= 0.6 is 64.7 Å². The molecule has 0 aliphatic carbocycles. The van der Waals surface area contributed by atoms with Gasteiger partial charge in [-0.2, -0.15) is 0 Å². The summed E-state index contributed by atoms with van der Waals surface area (Å²) in [6.07, 6.45) is 0. The van der Waals surface area contributed by atoms with E-state index in [4.69, 9.17) is 83.4 Å². The highest BCUT2D eigenvalue weighted by atomic mass is 35.5. The zero-order chi connectivity index (χ0) is 15.5. The van der Waals surface area contributed by atoms with Crippen LogP contribution in [-0.2, 0) is 20.9 Å². The van der Waals surface area contributed by atoms with E-state index in [0.29, 0.717) is 13.2 Å². The molecule has 0 heterocycles. The van der Waals surface area contributed by atoms with E-state index >= 15 is 0 Å². The Hall–Kier alpha value is 1.04. The molecule has 0 atom stereocenters. The van der Waals surface area contributed by atoms with Crippen molar-refractivity contribution in [2.45, 2.75) is 13.8 Å². The maximum Gasteiger partial charge on any atom is 0.380 e. The Labute approximate surface area is 147 Å². The summed E-state index contributed by atoms with van der Waals surface area (Å²) in [5, 5.41) is 0.0794. The predicted octanol–water partition coefficient (Wildman–Crippen LogP) is 6.63. The molecule has 0 fully saturated rings. The zero-order valence-electron chi connectivity index (χ0n) is 10.4. The first-order valence-corrected chi connectivity index (χ1v) is 9.82. The van der Waals surface area contributed by atoms with Crippen molar-refractivity contribution in [2.24, 2.45) is 0 Å². The highest BCUT2D eigenvalue weighted by Gasteiger charge is 2.28.